The fourth-order valence-electron chi connectivity index (χ4n) is 3.69. The maximum atomic E-state index is 13.1. The number of aromatic nitrogens is 2. The van der Waals surface area contributed by atoms with E-state index in [1.807, 2.05) is 18.7 Å². The molecule has 2 saturated heterocycles. The van der Waals surface area contributed by atoms with Crippen molar-refractivity contribution in [3.63, 3.8) is 0 Å². The molecule has 2 aromatic heterocycles. The number of aliphatic hydroxyl groups excluding tert-OH is 1. The molecule has 2 aliphatic heterocycles. The van der Waals surface area contributed by atoms with E-state index in [0.29, 0.717) is 18.8 Å². The predicted molar refractivity (Wildman–Crippen MR) is 95.8 cm³/mol. The van der Waals surface area contributed by atoms with Gasteiger partial charge in [-0.1, -0.05) is 16.8 Å². The molecule has 0 saturated carbocycles. The van der Waals surface area contributed by atoms with Gasteiger partial charge in [0.15, 0.2) is 5.69 Å². The summed E-state index contributed by atoms with van der Waals surface area (Å²) in [5.74, 6) is -3.61. The van der Waals surface area contributed by atoms with Crippen molar-refractivity contribution in [1.82, 2.24) is 15.0 Å². The van der Waals surface area contributed by atoms with Crippen molar-refractivity contribution >= 4 is 34.3 Å². The third-order valence-corrected chi connectivity index (χ3v) is 5.17. The minimum Gasteiger partial charge on any atom is -0.390 e. The first kappa shape index (κ1) is 19.3. The number of amides is 1. The highest BCUT2D eigenvalue weighted by atomic mass is 35.5. The molecule has 4 rings (SSSR count). The molecule has 2 fully saturated rings. The van der Waals surface area contributed by atoms with Crippen LogP contribution in [0, 0.1) is 0 Å². The van der Waals surface area contributed by atoms with Crippen LogP contribution in [0.2, 0.25) is 5.02 Å². The van der Waals surface area contributed by atoms with Crippen LogP contribution in [0.5, 0.6) is 0 Å². The average molecular weight is 417 g/mol. The molecule has 1 amide bonds. The third kappa shape index (κ3) is 3.19. The summed E-state index contributed by atoms with van der Waals surface area (Å²) in [6, 6.07) is 0. The molecule has 28 heavy (non-hydrogen) atoms. The molecule has 152 valence electrons. The lowest BCUT2D eigenvalue weighted by atomic mass is 10.1. The van der Waals surface area contributed by atoms with Gasteiger partial charge in [0, 0.05) is 13.1 Å². The number of ether oxygens (including phenoxy) is 1. The fourth-order valence-corrected chi connectivity index (χ4v) is 4.05. The number of hydrogen-bond donors (Lipinski definition) is 1. The average Bonchev–Trinajstić information content (AvgIpc) is 3.02. The largest absolute Gasteiger partial charge is 0.390 e. The second-order valence-electron chi connectivity index (χ2n) is 7.27. The molecule has 0 radical (unpaired) electrons. The van der Waals surface area contributed by atoms with E-state index in [9.17, 15) is 18.7 Å². The van der Waals surface area contributed by atoms with E-state index in [0.717, 1.165) is 4.90 Å². The Bertz CT molecular complexity index is 920. The van der Waals surface area contributed by atoms with E-state index < -0.39 is 31.5 Å². The lowest BCUT2D eigenvalue weighted by Crippen LogP contribution is -2.58. The summed E-state index contributed by atoms with van der Waals surface area (Å²) < 4.78 is 37.1. The molecule has 11 heteroatoms. The maximum absolute atomic E-state index is 13.1. The van der Waals surface area contributed by atoms with Crippen molar-refractivity contribution in [2.24, 2.45) is 0 Å². The van der Waals surface area contributed by atoms with Crippen LogP contribution in [0.15, 0.2) is 4.52 Å². The Kier molecular flexibility index (Phi) is 4.67. The van der Waals surface area contributed by atoms with Crippen molar-refractivity contribution in [2.75, 3.05) is 31.1 Å². The highest BCUT2D eigenvalue weighted by Crippen LogP contribution is 2.38. The van der Waals surface area contributed by atoms with Crippen LogP contribution in [-0.4, -0.2) is 70.4 Å². The quantitative estimate of drug-likeness (QED) is 0.818. The smallest absolute Gasteiger partial charge is 0.282 e. The lowest BCUT2D eigenvalue weighted by Gasteiger charge is -2.38. The minimum absolute atomic E-state index is 0.0485. The maximum Gasteiger partial charge on any atom is 0.282 e. The number of nitrogens with zero attached hydrogens (tertiary/aromatic N) is 4. The molecule has 0 aliphatic carbocycles. The van der Waals surface area contributed by atoms with E-state index in [4.69, 9.17) is 20.9 Å². The zero-order valence-corrected chi connectivity index (χ0v) is 16.0. The Morgan fingerprint density at radius 2 is 1.96 bits per heavy atom. The highest BCUT2D eigenvalue weighted by Gasteiger charge is 2.47. The third-order valence-electron chi connectivity index (χ3n) is 4.81. The molecule has 0 unspecified atom stereocenters. The normalized spacial score (nSPS) is 24.5. The van der Waals surface area contributed by atoms with Crippen molar-refractivity contribution in [1.29, 1.82) is 0 Å². The monoisotopic (exact) mass is 416 g/mol. The number of fused-ring (bicyclic) bond motifs is 1. The lowest BCUT2D eigenvalue weighted by molar-refractivity contribution is -0.113. The fraction of sp³-hybridized carbons (Fsp3) is 0.588. The second-order valence-corrected chi connectivity index (χ2v) is 7.65. The van der Waals surface area contributed by atoms with Crippen LogP contribution >= 0.6 is 11.6 Å². The first-order chi connectivity index (χ1) is 13.2. The molecule has 2 aliphatic rings. The number of rotatable bonds is 3. The SMILES string of the molecule is C[C@@H]1CN(c2c(CO)nc3c(C(=O)N4CC(F)(F)C4)noc3c2Cl)C[C@H](C)O1. The van der Waals surface area contributed by atoms with Gasteiger partial charge >= 0.3 is 0 Å². The number of anilines is 1. The molecule has 1 N–H and O–H groups in total. The molecule has 2 aromatic rings. The van der Waals surface area contributed by atoms with Crippen LogP contribution in [0.4, 0.5) is 14.5 Å². The topological polar surface area (TPSA) is 91.9 Å². The van der Waals surface area contributed by atoms with Gasteiger partial charge in [-0.25, -0.2) is 13.8 Å². The van der Waals surface area contributed by atoms with Gasteiger partial charge < -0.3 is 24.2 Å². The first-order valence-electron chi connectivity index (χ1n) is 8.86. The number of carbonyl (C=O) groups is 1. The second kappa shape index (κ2) is 6.78. The molecular formula is C17H19ClF2N4O4. The number of halogens is 3. The molecular weight excluding hydrogens is 398 g/mol. The summed E-state index contributed by atoms with van der Waals surface area (Å²) in [6.45, 7) is 3.14. The van der Waals surface area contributed by atoms with Gasteiger partial charge in [-0.15, -0.1) is 0 Å². The van der Waals surface area contributed by atoms with Gasteiger partial charge in [0.2, 0.25) is 5.58 Å². The van der Waals surface area contributed by atoms with Crippen molar-refractivity contribution in [2.45, 2.75) is 38.6 Å². The Hall–Kier alpha value is -2.04. The summed E-state index contributed by atoms with van der Waals surface area (Å²) >= 11 is 6.53. The molecule has 8 nitrogen and oxygen atoms in total. The van der Waals surface area contributed by atoms with E-state index in [1.165, 1.54) is 0 Å². The molecule has 4 heterocycles. The van der Waals surface area contributed by atoms with Crippen LogP contribution in [0.1, 0.15) is 30.0 Å². The van der Waals surface area contributed by atoms with E-state index in [-0.39, 0.29) is 39.7 Å². The standard InChI is InChI=1S/C17H19ClF2N4O4/c1-8-3-23(4-9(2)27-8)14-10(5-25)21-12-13(22-28-15(12)11(14)18)16(26)24-6-17(19,20)7-24/h8-9,25H,3-7H2,1-2H3/t8-,9+. The van der Waals surface area contributed by atoms with Crippen LogP contribution < -0.4 is 4.90 Å². The summed E-state index contributed by atoms with van der Waals surface area (Å²) in [7, 11) is 0. The van der Waals surface area contributed by atoms with Crippen LogP contribution in [-0.2, 0) is 11.3 Å². The molecule has 0 bridgehead atoms. The number of morpholine rings is 1. The van der Waals surface area contributed by atoms with Crippen molar-refractivity contribution < 1.29 is 27.9 Å². The number of alkyl halides is 2. The Balaban J connectivity index is 1.74. The number of carbonyl (C=O) groups excluding carboxylic acids is 1. The highest BCUT2D eigenvalue weighted by molar-refractivity contribution is 6.37. The Labute approximate surface area is 164 Å². The summed E-state index contributed by atoms with van der Waals surface area (Å²) in [6.07, 6.45) is -0.107. The number of likely N-dealkylation sites (tertiary alicyclic amines) is 1. The zero-order valence-electron chi connectivity index (χ0n) is 15.3. The summed E-state index contributed by atoms with van der Waals surface area (Å²) in [4.78, 5) is 19.7. The van der Waals surface area contributed by atoms with E-state index >= 15 is 0 Å². The van der Waals surface area contributed by atoms with Crippen LogP contribution in [0.3, 0.4) is 0 Å². The minimum atomic E-state index is -2.90. The number of hydrogen-bond acceptors (Lipinski definition) is 7. The zero-order chi connectivity index (χ0) is 20.2. The van der Waals surface area contributed by atoms with E-state index in [1.54, 1.807) is 0 Å². The molecule has 2 atom stereocenters. The van der Waals surface area contributed by atoms with Gasteiger partial charge in [-0.05, 0) is 13.8 Å². The van der Waals surface area contributed by atoms with Gasteiger partial charge in [-0.2, -0.15) is 0 Å². The Morgan fingerprint density at radius 3 is 2.54 bits per heavy atom. The van der Waals surface area contributed by atoms with Crippen molar-refractivity contribution in [3.05, 3.63) is 16.4 Å². The number of aliphatic hydroxyl groups is 1. The summed E-state index contributed by atoms with van der Waals surface area (Å²) in [5, 5.41) is 13.7. The molecule has 0 spiro atoms. The number of pyridine rings is 1. The van der Waals surface area contributed by atoms with Crippen LogP contribution in [0.25, 0.3) is 11.1 Å². The first-order valence-corrected chi connectivity index (χ1v) is 9.24. The molecule has 0 aromatic carbocycles. The van der Waals surface area contributed by atoms with Gasteiger partial charge in [0.1, 0.15) is 10.5 Å². The summed E-state index contributed by atoms with van der Waals surface area (Å²) in [5.41, 5.74) is 0.676. The Morgan fingerprint density at radius 1 is 1.32 bits per heavy atom. The van der Waals surface area contributed by atoms with Gasteiger partial charge in [-0.3, -0.25) is 4.79 Å². The van der Waals surface area contributed by atoms with Gasteiger partial charge in [0.05, 0.1) is 43.3 Å². The van der Waals surface area contributed by atoms with Crippen molar-refractivity contribution in [3.8, 4) is 0 Å². The van der Waals surface area contributed by atoms with E-state index in [2.05, 4.69) is 10.1 Å². The predicted octanol–water partition coefficient (Wildman–Crippen LogP) is 2.07. The van der Waals surface area contributed by atoms with Gasteiger partial charge in [0.25, 0.3) is 11.8 Å².